The number of carbonyl (C=O) groups is 1. The molecule has 1 aliphatic rings. The van der Waals surface area contributed by atoms with E-state index in [1.165, 1.54) is 0 Å². The van der Waals surface area contributed by atoms with Crippen molar-refractivity contribution in [1.82, 2.24) is 10.3 Å². The number of amides is 1. The van der Waals surface area contributed by atoms with Gasteiger partial charge in [-0.05, 0) is 29.7 Å². The Morgan fingerprint density at radius 1 is 1.13 bits per heavy atom. The molecule has 2 N–H and O–H groups in total. The lowest BCUT2D eigenvalue weighted by atomic mass is 10.1. The lowest BCUT2D eigenvalue weighted by Gasteiger charge is -2.21. The van der Waals surface area contributed by atoms with Gasteiger partial charge >= 0.3 is 0 Å². The third-order valence-corrected chi connectivity index (χ3v) is 3.90. The molecular formula is C18H16N2O3. The number of nitrogens with one attached hydrogen (secondary N) is 2. The number of aromatic amines is 1. The van der Waals surface area contributed by atoms with Gasteiger partial charge in [-0.1, -0.05) is 18.2 Å². The summed E-state index contributed by atoms with van der Waals surface area (Å²) in [5.74, 6) is 1.34. The SMILES string of the molecule is O=C(NCc1cccc2c1OCCO2)c1ccc2cc[nH]c2c1. The second kappa shape index (κ2) is 5.68. The van der Waals surface area contributed by atoms with Crippen LogP contribution in [0.1, 0.15) is 15.9 Å². The maximum Gasteiger partial charge on any atom is 0.251 e. The van der Waals surface area contributed by atoms with Crippen molar-refractivity contribution in [2.24, 2.45) is 0 Å². The minimum Gasteiger partial charge on any atom is -0.486 e. The Bertz CT molecular complexity index is 870. The highest BCUT2D eigenvalue weighted by Crippen LogP contribution is 2.33. The minimum atomic E-state index is -0.115. The summed E-state index contributed by atoms with van der Waals surface area (Å²) in [5, 5.41) is 4.02. The molecule has 0 radical (unpaired) electrons. The quantitative estimate of drug-likeness (QED) is 0.782. The standard InChI is InChI=1S/C18H16N2O3/c21-18(13-5-4-12-6-7-19-15(12)10-13)20-11-14-2-1-3-16-17(14)23-9-8-22-16/h1-7,10,19H,8-9,11H2,(H,20,21). The van der Waals surface area contributed by atoms with E-state index < -0.39 is 0 Å². The van der Waals surface area contributed by atoms with Crippen LogP contribution in [-0.4, -0.2) is 24.1 Å². The van der Waals surface area contributed by atoms with Crippen molar-refractivity contribution in [1.29, 1.82) is 0 Å². The molecule has 2 aromatic carbocycles. The number of aromatic nitrogens is 1. The number of fused-ring (bicyclic) bond motifs is 2. The zero-order valence-corrected chi connectivity index (χ0v) is 12.5. The van der Waals surface area contributed by atoms with Crippen molar-refractivity contribution in [3.8, 4) is 11.5 Å². The predicted molar refractivity (Wildman–Crippen MR) is 86.9 cm³/mol. The number of carbonyl (C=O) groups excluding carboxylic acids is 1. The first-order valence-corrected chi connectivity index (χ1v) is 7.54. The highest BCUT2D eigenvalue weighted by molar-refractivity contribution is 5.97. The Balaban J connectivity index is 1.51. The molecule has 0 atom stereocenters. The summed E-state index contributed by atoms with van der Waals surface area (Å²) in [6.07, 6.45) is 1.86. The van der Waals surface area contributed by atoms with E-state index in [4.69, 9.17) is 9.47 Å². The van der Waals surface area contributed by atoms with Gasteiger partial charge in [-0.3, -0.25) is 4.79 Å². The van der Waals surface area contributed by atoms with Crippen LogP contribution in [0.4, 0.5) is 0 Å². The highest BCUT2D eigenvalue weighted by Gasteiger charge is 2.16. The second-order valence-corrected chi connectivity index (χ2v) is 5.40. The van der Waals surface area contributed by atoms with Crippen LogP contribution < -0.4 is 14.8 Å². The molecule has 116 valence electrons. The number of rotatable bonds is 3. The van der Waals surface area contributed by atoms with E-state index in [1.807, 2.05) is 48.7 Å². The second-order valence-electron chi connectivity index (χ2n) is 5.40. The molecule has 1 aromatic heterocycles. The summed E-state index contributed by atoms with van der Waals surface area (Å²) >= 11 is 0. The van der Waals surface area contributed by atoms with Crippen LogP contribution in [0.3, 0.4) is 0 Å². The van der Waals surface area contributed by atoms with Crippen LogP contribution in [-0.2, 0) is 6.54 Å². The van der Waals surface area contributed by atoms with Gasteiger partial charge in [-0.15, -0.1) is 0 Å². The van der Waals surface area contributed by atoms with E-state index in [2.05, 4.69) is 10.3 Å². The van der Waals surface area contributed by atoms with Crippen molar-refractivity contribution < 1.29 is 14.3 Å². The van der Waals surface area contributed by atoms with Gasteiger partial charge in [0, 0.05) is 29.4 Å². The molecular weight excluding hydrogens is 292 g/mol. The molecule has 0 fully saturated rings. The first kappa shape index (κ1) is 13.7. The molecule has 1 aliphatic heterocycles. The molecule has 0 bridgehead atoms. The van der Waals surface area contributed by atoms with Crippen molar-refractivity contribution in [2.45, 2.75) is 6.54 Å². The fourth-order valence-electron chi connectivity index (χ4n) is 2.74. The Morgan fingerprint density at radius 2 is 2.04 bits per heavy atom. The Hall–Kier alpha value is -2.95. The molecule has 5 heteroatoms. The molecule has 3 aromatic rings. The fourth-order valence-corrected chi connectivity index (χ4v) is 2.74. The van der Waals surface area contributed by atoms with E-state index >= 15 is 0 Å². The maximum atomic E-state index is 12.4. The largest absolute Gasteiger partial charge is 0.486 e. The van der Waals surface area contributed by atoms with Crippen LogP contribution in [0, 0.1) is 0 Å². The molecule has 0 unspecified atom stereocenters. The van der Waals surface area contributed by atoms with Crippen LogP contribution in [0.2, 0.25) is 0 Å². The first-order valence-electron chi connectivity index (χ1n) is 7.54. The number of para-hydroxylation sites is 1. The third-order valence-electron chi connectivity index (χ3n) is 3.90. The van der Waals surface area contributed by atoms with E-state index in [1.54, 1.807) is 0 Å². The van der Waals surface area contributed by atoms with Crippen LogP contribution in [0.15, 0.2) is 48.7 Å². The van der Waals surface area contributed by atoms with Gasteiger partial charge in [0.15, 0.2) is 11.5 Å². The number of ether oxygens (including phenoxy) is 2. The Morgan fingerprint density at radius 3 is 3.00 bits per heavy atom. The number of hydrogen-bond acceptors (Lipinski definition) is 3. The summed E-state index contributed by atoms with van der Waals surface area (Å²) in [5.41, 5.74) is 2.49. The topological polar surface area (TPSA) is 63.4 Å². The van der Waals surface area contributed by atoms with E-state index in [0.717, 1.165) is 28.0 Å². The maximum absolute atomic E-state index is 12.4. The van der Waals surface area contributed by atoms with Gasteiger partial charge in [0.25, 0.3) is 5.91 Å². The molecule has 0 spiro atoms. The normalized spacial score (nSPS) is 13.0. The van der Waals surface area contributed by atoms with Crippen molar-refractivity contribution in [2.75, 3.05) is 13.2 Å². The van der Waals surface area contributed by atoms with E-state index in [0.29, 0.717) is 25.3 Å². The molecule has 1 amide bonds. The Labute approximate surface area is 133 Å². The van der Waals surface area contributed by atoms with Crippen molar-refractivity contribution >= 4 is 16.8 Å². The number of hydrogen-bond donors (Lipinski definition) is 2. The molecule has 23 heavy (non-hydrogen) atoms. The van der Waals surface area contributed by atoms with Crippen molar-refractivity contribution in [3.05, 3.63) is 59.8 Å². The zero-order valence-electron chi connectivity index (χ0n) is 12.5. The molecule has 2 heterocycles. The molecule has 0 aliphatic carbocycles. The van der Waals surface area contributed by atoms with E-state index in [9.17, 15) is 4.79 Å². The summed E-state index contributed by atoms with van der Waals surface area (Å²) in [7, 11) is 0. The summed E-state index contributed by atoms with van der Waals surface area (Å²) in [4.78, 5) is 15.5. The van der Waals surface area contributed by atoms with Gasteiger partial charge in [-0.2, -0.15) is 0 Å². The number of benzene rings is 2. The van der Waals surface area contributed by atoms with Gasteiger partial charge in [0.1, 0.15) is 13.2 Å². The summed E-state index contributed by atoms with van der Waals surface area (Å²) in [6.45, 7) is 1.48. The predicted octanol–water partition coefficient (Wildman–Crippen LogP) is 2.87. The number of H-pyrrole nitrogens is 1. The van der Waals surface area contributed by atoms with Crippen LogP contribution >= 0.6 is 0 Å². The summed E-state index contributed by atoms with van der Waals surface area (Å²) in [6, 6.07) is 13.3. The van der Waals surface area contributed by atoms with Gasteiger partial charge in [0.05, 0.1) is 0 Å². The lowest BCUT2D eigenvalue weighted by Crippen LogP contribution is -2.24. The highest BCUT2D eigenvalue weighted by atomic mass is 16.6. The fraction of sp³-hybridized carbons (Fsp3) is 0.167. The first-order chi connectivity index (χ1) is 11.3. The van der Waals surface area contributed by atoms with Gasteiger partial charge < -0.3 is 19.8 Å². The molecule has 0 saturated carbocycles. The minimum absolute atomic E-state index is 0.115. The summed E-state index contributed by atoms with van der Waals surface area (Å²) < 4.78 is 11.2. The third kappa shape index (κ3) is 2.61. The average molecular weight is 308 g/mol. The smallest absolute Gasteiger partial charge is 0.251 e. The lowest BCUT2D eigenvalue weighted by molar-refractivity contribution is 0.0950. The van der Waals surface area contributed by atoms with Crippen molar-refractivity contribution in [3.63, 3.8) is 0 Å². The van der Waals surface area contributed by atoms with Gasteiger partial charge in [-0.25, -0.2) is 0 Å². The Kier molecular flexibility index (Phi) is 3.38. The monoisotopic (exact) mass is 308 g/mol. The molecule has 5 nitrogen and oxygen atoms in total. The van der Waals surface area contributed by atoms with Crippen LogP contribution in [0.5, 0.6) is 11.5 Å². The zero-order chi connectivity index (χ0) is 15.6. The van der Waals surface area contributed by atoms with Gasteiger partial charge in [0.2, 0.25) is 0 Å². The van der Waals surface area contributed by atoms with E-state index in [-0.39, 0.29) is 5.91 Å². The molecule has 0 saturated heterocycles. The molecule has 4 rings (SSSR count). The van der Waals surface area contributed by atoms with Crippen LogP contribution in [0.25, 0.3) is 10.9 Å². The average Bonchev–Trinajstić information content (AvgIpc) is 3.07.